The summed E-state index contributed by atoms with van der Waals surface area (Å²) in [6.45, 7) is 10.8. The number of hydrogen-bond donors (Lipinski definition) is 1. The highest BCUT2D eigenvalue weighted by Gasteiger charge is 2.32. The molecule has 0 radical (unpaired) electrons. The molecule has 0 aromatic carbocycles. The zero-order chi connectivity index (χ0) is 13.1. The first-order valence-electron chi connectivity index (χ1n) is 6.50. The van der Waals surface area contributed by atoms with Gasteiger partial charge in [0.25, 0.3) is 0 Å². The maximum atomic E-state index is 11.9. The van der Waals surface area contributed by atoms with Crippen LogP contribution in [-0.4, -0.2) is 30.4 Å². The molecule has 0 aliphatic carbocycles. The topological polar surface area (TPSA) is 46.3 Å². The van der Waals surface area contributed by atoms with Gasteiger partial charge in [-0.3, -0.25) is 4.79 Å². The Morgan fingerprint density at radius 2 is 1.88 bits per heavy atom. The second kappa shape index (κ2) is 5.67. The van der Waals surface area contributed by atoms with E-state index in [0.29, 0.717) is 5.92 Å². The van der Waals surface area contributed by atoms with E-state index in [9.17, 15) is 4.79 Å². The molecule has 1 aliphatic rings. The molecule has 1 amide bonds. The fourth-order valence-corrected chi connectivity index (χ4v) is 2.39. The number of nitrogens with zero attached hydrogens (tertiary/aromatic N) is 1. The standard InChI is InChI=1S/C14H26N2O/c1-11(2)9-13(17)16-7-5-12(6-8-16)14(3,4)10-15/h9,12H,5-8,10,15H2,1-4H3. The second-order valence-electron chi connectivity index (χ2n) is 6.01. The Balaban J connectivity index is 2.52. The van der Waals surface area contributed by atoms with Crippen LogP contribution in [0.2, 0.25) is 0 Å². The predicted molar refractivity (Wildman–Crippen MR) is 71.6 cm³/mol. The lowest BCUT2D eigenvalue weighted by molar-refractivity contribution is -0.127. The highest BCUT2D eigenvalue weighted by atomic mass is 16.2. The molecule has 1 saturated heterocycles. The Hall–Kier alpha value is -0.830. The van der Waals surface area contributed by atoms with Crippen molar-refractivity contribution in [3.05, 3.63) is 11.6 Å². The largest absolute Gasteiger partial charge is 0.339 e. The molecule has 0 spiro atoms. The zero-order valence-electron chi connectivity index (χ0n) is 11.6. The van der Waals surface area contributed by atoms with E-state index in [4.69, 9.17) is 5.73 Å². The number of allylic oxidation sites excluding steroid dienone is 1. The third-order valence-corrected chi connectivity index (χ3v) is 3.85. The van der Waals surface area contributed by atoms with Crippen LogP contribution in [0.4, 0.5) is 0 Å². The lowest BCUT2D eigenvalue weighted by atomic mass is 9.74. The summed E-state index contributed by atoms with van der Waals surface area (Å²) in [6.07, 6.45) is 3.88. The molecule has 1 rings (SSSR count). The van der Waals surface area contributed by atoms with Crippen molar-refractivity contribution in [2.75, 3.05) is 19.6 Å². The van der Waals surface area contributed by atoms with E-state index in [1.54, 1.807) is 6.08 Å². The number of carbonyl (C=O) groups is 1. The molecule has 0 bridgehead atoms. The molecule has 1 aliphatic heterocycles. The van der Waals surface area contributed by atoms with Crippen LogP contribution in [0.1, 0.15) is 40.5 Å². The zero-order valence-corrected chi connectivity index (χ0v) is 11.6. The van der Waals surface area contributed by atoms with Crippen LogP contribution in [0, 0.1) is 11.3 Å². The van der Waals surface area contributed by atoms with Crippen molar-refractivity contribution >= 4 is 5.91 Å². The van der Waals surface area contributed by atoms with Crippen LogP contribution >= 0.6 is 0 Å². The van der Waals surface area contributed by atoms with Crippen molar-refractivity contribution in [3.8, 4) is 0 Å². The number of amides is 1. The van der Waals surface area contributed by atoms with Crippen molar-refractivity contribution < 1.29 is 4.79 Å². The summed E-state index contributed by atoms with van der Waals surface area (Å²) in [4.78, 5) is 13.8. The van der Waals surface area contributed by atoms with Crippen LogP contribution in [-0.2, 0) is 4.79 Å². The van der Waals surface area contributed by atoms with Gasteiger partial charge in [0, 0.05) is 19.2 Å². The number of nitrogens with two attached hydrogens (primary N) is 1. The fraction of sp³-hybridized carbons (Fsp3) is 0.786. The van der Waals surface area contributed by atoms with Gasteiger partial charge in [0.15, 0.2) is 0 Å². The SMILES string of the molecule is CC(C)=CC(=O)N1CCC(C(C)(C)CN)CC1. The highest BCUT2D eigenvalue weighted by Crippen LogP contribution is 2.33. The Kier molecular flexibility index (Phi) is 4.75. The van der Waals surface area contributed by atoms with Crippen LogP contribution in [0.5, 0.6) is 0 Å². The lowest BCUT2D eigenvalue weighted by Gasteiger charge is -2.40. The van der Waals surface area contributed by atoms with Crippen LogP contribution in [0.15, 0.2) is 11.6 Å². The van der Waals surface area contributed by atoms with E-state index in [-0.39, 0.29) is 11.3 Å². The second-order valence-corrected chi connectivity index (χ2v) is 6.01. The predicted octanol–water partition coefficient (Wildman–Crippen LogP) is 2.18. The van der Waals surface area contributed by atoms with E-state index in [1.165, 1.54) is 0 Å². The van der Waals surface area contributed by atoms with Gasteiger partial charge < -0.3 is 10.6 Å². The number of rotatable bonds is 3. The number of piperidine rings is 1. The third-order valence-electron chi connectivity index (χ3n) is 3.85. The van der Waals surface area contributed by atoms with Crippen molar-refractivity contribution in [3.63, 3.8) is 0 Å². The van der Waals surface area contributed by atoms with Gasteiger partial charge in [-0.25, -0.2) is 0 Å². The maximum Gasteiger partial charge on any atom is 0.246 e. The van der Waals surface area contributed by atoms with Gasteiger partial charge in [-0.05, 0) is 44.6 Å². The summed E-state index contributed by atoms with van der Waals surface area (Å²) in [5, 5.41) is 0. The molecule has 0 unspecified atom stereocenters. The Labute approximate surface area is 105 Å². The molecule has 17 heavy (non-hydrogen) atoms. The summed E-state index contributed by atoms with van der Waals surface area (Å²) in [5.74, 6) is 0.803. The van der Waals surface area contributed by atoms with Crippen molar-refractivity contribution in [1.82, 2.24) is 4.90 Å². The van der Waals surface area contributed by atoms with E-state index in [1.807, 2.05) is 18.7 Å². The van der Waals surface area contributed by atoms with Gasteiger partial charge in [-0.1, -0.05) is 19.4 Å². The first-order chi connectivity index (χ1) is 7.86. The van der Waals surface area contributed by atoms with E-state index >= 15 is 0 Å². The van der Waals surface area contributed by atoms with Gasteiger partial charge in [0.1, 0.15) is 0 Å². The van der Waals surface area contributed by atoms with Gasteiger partial charge >= 0.3 is 0 Å². The molecule has 3 nitrogen and oxygen atoms in total. The van der Waals surface area contributed by atoms with Gasteiger partial charge in [-0.2, -0.15) is 0 Å². The van der Waals surface area contributed by atoms with Crippen molar-refractivity contribution in [2.45, 2.75) is 40.5 Å². The summed E-state index contributed by atoms with van der Waals surface area (Å²) in [5.41, 5.74) is 7.08. The van der Waals surface area contributed by atoms with E-state index in [2.05, 4.69) is 13.8 Å². The summed E-state index contributed by atoms with van der Waals surface area (Å²) >= 11 is 0. The molecule has 1 heterocycles. The molecule has 3 heteroatoms. The smallest absolute Gasteiger partial charge is 0.246 e. The Morgan fingerprint density at radius 1 is 1.35 bits per heavy atom. The van der Waals surface area contributed by atoms with Gasteiger partial charge in [-0.15, -0.1) is 0 Å². The summed E-state index contributed by atoms with van der Waals surface area (Å²) in [7, 11) is 0. The van der Waals surface area contributed by atoms with Gasteiger partial charge in [0.2, 0.25) is 5.91 Å². The fourth-order valence-electron chi connectivity index (χ4n) is 2.39. The van der Waals surface area contributed by atoms with Crippen LogP contribution < -0.4 is 5.73 Å². The van der Waals surface area contributed by atoms with E-state index < -0.39 is 0 Å². The molecular formula is C14H26N2O. The molecule has 0 atom stereocenters. The number of likely N-dealkylation sites (tertiary alicyclic amines) is 1. The average molecular weight is 238 g/mol. The molecule has 0 aromatic heterocycles. The lowest BCUT2D eigenvalue weighted by Crippen LogP contribution is -2.43. The van der Waals surface area contributed by atoms with Crippen LogP contribution in [0.25, 0.3) is 0 Å². The van der Waals surface area contributed by atoms with Crippen LogP contribution in [0.3, 0.4) is 0 Å². The molecule has 98 valence electrons. The number of carbonyl (C=O) groups excluding carboxylic acids is 1. The maximum absolute atomic E-state index is 11.9. The number of hydrogen-bond acceptors (Lipinski definition) is 2. The van der Waals surface area contributed by atoms with Gasteiger partial charge in [0.05, 0.1) is 0 Å². The molecule has 0 aromatic rings. The molecule has 2 N–H and O–H groups in total. The Bertz CT molecular complexity index is 295. The highest BCUT2D eigenvalue weighted by molar-refractivity contribution is 5.88. The monoisotopic (exact) mass is 238 g/mol. The van der Waals surface area contributed by atoms with E-state index in [0.717, 1.165) is 38.0 Å². The molecule has 0 saturated carbocycles. The normalized spacial score (nSPS) is 18.1. The summed E-state index contributed by atoms with van der Waals surface area (Å²) < 4.78 is 0. The summed E-state index contributed by atoms with van der Waals surface area (Å²) in [6, 6.07) is 0. The Morgan fingerprint density at radius 3 is 2.29 bits per heavy atom. The first kappa shape index (κ1) is 14.2. The molecular weight excluding hydrogens is 212 g/mol. The van der Waals surface area contributed by atoms with Crippen molar-refractivity contribution in [1.29, 1.82) is 0 Å². The first-order valence-corrected chi connectivity index (χ1v) is 6.50. The quantitative estimate of drug-likeness (QED) is 0.766. The average Bonchev–Trinajstić information content (AvgIpc) is 2.28. The third kappa shape index (κ3) is 3.84. The van der Waals surface area contributed by atoms with Crippen molar-refractivity contribution in [2.24, 2.45) is 17.1 Å². The molecule has 1 fully saturated rings. The minimum Gasteiger partial charge on any atom is -0.339 e. The minimum atomic E-state index is 0.161. The minimum absolute atomic E-state index is 0.161.